The van der Waals surface area contributed by atoms with Crippen molar-refractivity contribution in [3.63, 3.8) is 0 Å². The molecular weight excluding hydrogens is 322 g/mol. The standard InChI is InChI=1S/C20H24F2N2O/c1-14(16-7-5-4-6-8-16)11-12-23-20(25)24(3)15(2)18-13-17(21)9-10-19(18)22/h4-10,13-15H,11-12H2,1-3H3,(H,23,25). The SMILES string of the molecule is CC(CCNC(=O)N(C)C(C)c1cc(F)ccc1F)c1ccccc1. The average Bonchev–Trinajstić information content (AvgIpc) is 2.63. The molecule has 0 aliphatic heterocycles. The second-order valence-electron chi connectivity index (χ2n) is 6.29. The van der Waals surface area contributed by atoms with Gasteiger partial charge in [0.1, 0.15) is 11.6 Å². The fourth-order valence-electron chi connectivity index (χ4n) is 2.69. The van der Waals surface area contributed by atoms with Crippen molar-refractivity contribution in [1.29, 1.82) is 0 Å². The van der Waals surface area contributed by atoms with Crippen molar-refractivity contribution in [2.24, 2.45) is 0 Å². The van der Waals surface area contributed by atoms with Gasteiger partial charge in [-0.05, 0) is 43.0 Å². The summed E-state index contributed by atoms with van der Waals surface area (Å²) in [5.41, 5.74) is 1.38. The van der Waals surface area contributed by atoms with Crippen LogP contribution < -0.4 is 5.32 Å². The normalized spacial score (nSPS) is 13.2. The zero-order valence-corrected chi connectivity index (χ0v) is 14.8. The molecule has 2 rings (SSSR count). The molecule has 0 bridgehead atoms. The van der Waals surface area contributed by atoms with E-state index >= 15 is 0 Å². The van der Waals surface area contributed by atoms with Gasteiger partial charge >= 0.3 is 6.03 Å². The molecule has 2 aromatic rings. The van der Waals surface area contributed by atoms with Crippen molar-refractivity contribution in [3.8, 4) is 0 Å². The number of halogens is 2. The summed E-state index contributed by atoms with van der Waals surface area (Å²) in [6, 6.07) is 12.5. The molecule has 0 saturated carbocycles. The smallest absolute Gasteiger partial charge is 0.317 e. The number of rotatable bonds is 6. The highest BCUT2D eigenvalue weighted by Crippen LogP contribution is 2.23. The van der Waals surface area contributed by atoms with Crippen LogP contribution in [0.2, 0.25) is 0 Å². The summed E-state index contributed by atoms with van der Waals surface area (Å²) in [4.78, 5) is 13.7. The van der Waals surface area contributed by atoms with Gasteiger partial charge in [0.2, 0.25) is 0 Å². The second kappa shape index (κ2) is 8.60. The Morgan fingerprint density at radius 3 is 2.48 bits per heavy atom. The van der Waals surface area contributed by atoms with E-state index in [1.807, 2.05) is 18.2 Å². The van der Waals surface area contributed by atoms with Gasteiger partial charge in [0, 0.05) is 19.2 Å². The van der Waals surface area contributed by atoms with Crippen LogP contribution in [0.1, 0.15) is 43.4 Å². The summed E-state index contributed by atoms with van der Waals surface area (Å²) >= 11 is 0. The quantitative estimate of drug-likeness (QED) is 0.796. The Bertz CT molecular complexity index is 706. The van der Waals surface area contributed by atoms with Gasteiger partial charge in [0.25, 0.3) is 0 Å². The van der Waals surface area contributed by atoms with E-state index in [-0.39, 0.29) is 11.6 Å². The number of hydrogen-bond donors (Lipinski definition) is 1. The predicted molar refractivity (Wildman–Crippen MR) is 95.4 cm³/mol. The van der Waals surface area contributed by atoms with Crippen LogP contribution in [0.15, 0.2) is 48.5 Å². The fraction of sp³-hybridized carbons (Fsp3) is 0.350. The molecule has 2 unspecified atom stereocenters. The molecule has 0 aliphatic rings. The Morgan fingerprint density at radius 1 is 1.12 bits per heavy atom. The third kappa shape index (κ3) is 5.02. The highest BCUT2D eigenvalue weighted by molar-refractivity contribution is 5.74. The number of urea groups is 1. The first kappa shape index (κ1) is 18.9. The first-order valence-corrected chi connectivity index (χ1v) is 8.40. The Balaban J connectivity index is 1.88. The van der Waals surface area contributed by atoms with Crippen molar-refractivity contribution < 1.29 is 13.6 Å². The first-order chi connectivity index (χ1) is 11.9. The van der Waals surface area contributed by atoms with Crippen LogP contribution >= 0.6 is 0 Å². The van der Waals surface area contributed by atoms with Gasteiger partial charge in [-0.3, -0.25) is 0 Å². The molecule has 0 heterocycles. The Hall–Kier alpha value is -2.43. The minimum absolute atomic E-state index is 0.162. The van der Waals surface area contributed by atoms with Crippen LogP contribution in [0.4, 0.5) is 13.6 Å². The van der Waals surface area contributed by atoms with E-state index in [1.54, 1.807) is 14.0 Å². The molecule has 2 amide bonds. The number of nitrogens with zero attached hydrogens (tertiary/aromatic N) is 1. The molecular formula is C20H24F2N2O. The third-order valence-electron chi connectivity index (χ3n) is 4.53. The van der Waals surface area contributed by atoms with Crippen LogP contribution in [0.3, 0.4) is 0 Å². The molecule has 2 aromatic carbocycles. The van der Waals surface area contributed by atoms with Crippen molar-refractivity contribution >= 4 is 6.03 Å². The predicted octanol–water partition coefficient (Wildman–Crippen LogP) is 4.86. The molecule has 1 N–H and O–H groups in total. The summed E-state index contributed by atoms with van der Waals surface area (Å²) in [6.45, 7) is 4.29. The number of hydrogen-bond acceptors (Lipinski definition) is 1. The molecule has 5 heteroatoms. The van der Waals surface area contributed by atoms with Crippen molar-refractivity contribution in [3.05, 3.63) is 71.3 Å². The van der Waals surface area contributed by atoms with Crippen molar-refractivity contribution in [2.45, 2.75) is 32.2 Å². The Morgan fingerprint density at radius 2 is 1.80 bits per heavy atom. The number of nitrogens with one attached hydrogen (secondary N) is 1. The van der Waals surface area contributed by atoms with Gasteiger partial charge in [-0.15, -0.1) is 0 Å². The molecule has 0 spiro atoms. The topological polar surface area (TPSA) is 32.3 Å². The lowest BCUT2D eigenvalue weighted by molar-refractivity contribution is 0.193. The fourth-order valence-corrected chi connectivity index (χ4v) is 2.69. The molecule has 3 nitrogen and oxygen atoms in total. The largest absolute Gasteiger partial charge is 0.338 e. The van der Waals surface area contributed by atoms with Crippen molar-refractivity contribution in [1.82, 2.24) is 10.2 Å². The van der Waals surface area contributed by atoms with Gasteiger partial charge in [-0.25, -0.2) is 13.6 Å². The number of carbonyl (C=O) groups is 1. The van der Waals surface area contributed by atoms with Gasteiger partial charge in [0.05, 0.1) is 6.04 Å². The number of benzene rings is 2. The summed E-state index contributed by atoms with van der Waals surface area (Å²) in [7, 11) is 1.57. The average molecular weight is 346 g/mol. The zero-order chi connectivity index (χ0) is 18.4. The summed E-state index contributed by atoms with van der Waals surface area (Å²) in [5, 5.41) is 2.84. The van der Waals surface area contributed by atoms with Crippen LogP contribution in [0.25, 0.3) is 0 Å². The summed E-state index contributed by atoms with van der Waals surface area (Å²) in [5.74, 6) is -0.718. The Labute approximate surface area is 147 Å². The van der Waals surface area contributed by atoms with Crippen LogP contribution in [0.5, 0.6) is 0 Å². The van der Waals surface area contributed by atoms with E-state index in [1.165, 1.54) is 10.5 Å². The van der Waals surface area contributed by atoms with E-state index in [0.29, 0.717) is 12.5 Å². The maximum absolute atomic E-state index is 13.9. The summed E-state index contributed by atoms with van der Waals surface area (Å²) < 4.78 is 27.2. The minimum atomic E-state index is -0.567. The lowest BCUT2D eigenvalue weighted by Gasteiger charge is -2.26. The van der Waals surface area contributed by atoms with Gasteiger partial charge < -0.3 is 10.2 Å². The van der Waals surface area contributed by atoms with E-state index in [2.05, 4.69) is 24.4 Å². The first-order valence-electron chi connectivity index (χ1n) is 8.40. The highest BCUT2D eigenvalue weighted by atomic mass is 19.1. The van der Waals surface area contributed by atoms with Crippen molar-refractivity contribution in [2.75, 3.05) is 13.6 Å². The maximum atomic E-state index is 13.9. The minimum Gasteiger partial charge on any atom is -0.338 e. The van der Waals surface area contributed by atoms with Gasteiger partial charge in [-0.2, -0.15) is 0 Å². The molecule has 0 fully saturated rings. The molecule has 0 radical (unpaired) electrons. The van der Waals surface area contributed by atoms with Gasteiger partial charge in [0.15, 0.2) is 0 Å². The molecule has 134 valence electrons. The highest BCUT2D eigenvalue weighted by Gasteiger charge is 2.20. The van der Waals surface area contributed by atoms with Crippen LogP contribution in [-0.2, 0) is 0 Å². The molecule has 0 saturated heterocycles. The molecule has 0 aliphatic carbocycles. The number of amides is 2. The van der Waals surface area contributed by atoms with E-state index in [4.69, 9.17) is 0 Å². The Kier molecular flexibility index (Phi) is 6.51. The zero-order valence-electron chi connectivity index (χ0n) is 14.8. The summed E-state index contributed by atoms with van der Waals surface area (Å²) in [6.07, 6.45) is 0.798. The maximum Gasteiger partial charge on any atom is 0.317 e. The van der Waals surface area contributed by atoms with Crippen LogP contribution in [0, 0.1) is 11.6 Å². The second-order valence-corrected chi connectivity index (χ2v) is 6.29. The third-order valence-corrected chi connectivity index (χ3v) is 4.53. The molecule has 2 atom stereocenters. The van der Waals surface area contributed by atoms with E-state index in [0.717, 1.165) is 24.6 Å². The van der Waals surface area contributed by atoms with Gasteiger partial charge in [-0.1, -0.05) is 37.3 Å². The van der Waals surface area contributed by atoms with Crippen LogP contribution in [-0.4, -0.2) is 24.5 Å². The lowest BCUT2D eigenvalue weighted by atomic mass is 9.98. The monoisotopic (exact) mass is 346 g/mol. The molecule has 0 aromatic heterocycles. The molecule has 25 heavy (non-hydrogen) atoms. The number of carbonyl (C=O) groups excluding carboxylic acids is 1. The van der Waals surface area contributed by atoms with E-state index in [9.17, 15) is 13.6 Å². The van der Waals surface area contributed by atoms with E-state index < -0.39 is 17.7 Å². The lowest BCUT2D eigenvalue weighted by Crippen LogP contribution is -2.39.